The highest BCUT2D eigenvalue weighted by atomic mass is 19.1. The molecule has 1 amide bonds. The van der Waals surface area contributed by atoms with Gasteiger partial charge in [0.25, 0.3) is 0 Å². The molecule has 34 heavy (non-hydrogen) atoms. The fraction of sp³-hybridized carbons (Fsp3) is 0.259. The third-order valence-electron chi connectivity index (χ3n) is 6.14. The Morgan fingerprint density at radius 2 is 1.62 bits per heavy atom. The van der Waals surface area contributed by atoms with E-state index in [2.05, 4.69) is 5.32 Å². The Morgan fingerprint density at radius 1 is 1.00 bits per heavy atom. The number of ether oxygens (including phenoxy) is 1. The molecule has 7 heteroatoms. The van der Waals surface area contributed by atoms with Crippen molar-refractivity contribution >= 4 is 11.9 Å². The smallest absolute Gasteiger partial charge is 0.323 e. The topological polar surface area (TPSA) is 58.6 Å². The Labute approximate surface area is 197 Å². The number of amides is 1. The number of rotatable bonds is 7. The van der Waals surface area contributed by atoms with Crippen LogP contribution in [0.2, 0.25) is 0 Å². The van der Waals surface area contributed by atoms with Gasteiger partial charge in [0.15, 0.2) is 0 Å². The molecule has 0 aliphatic carbocycles. The number of nitrogens with one attached hydrogen (secondary N) is 1. The summed E-state index contributed by atoms with van der Waals surface area (Å²) in [7, 11) is 1.30. The quantitative estimate of drug-likeness (QED) is 0.537. The average Bonchev–Trinajstić information content (AvgIpc) is 3.24. The van der Waals surface area contributed by atoms with Crippen LogP contribution in [-0.2, 0) is 20.9 Å². The Bertz CT molecular complexity index is 1100. The van der Waals surface area contributed by atoms with Crippen molar-refractivity contribution in [3.63, 3.8) is 0 Å². The minimum Gasteiger partial charge on any atom is -0.468 e. The molecule has 1 heterocycles. The largest absolute Gasteiger partial charge is 0.468 e. The summed E-state index contributed by atoms with van der Waals surface area (Å²) >= 11 is 0. The van der Waals surface area contributed by atoms with E-state index in [0.717, 1.165) is 17.2 Å². The molecule has 0 bridgehead atoms. The van der Waals surface area contributed by atoms with Crippen molar-refractivity contribution in [2.24, 2.45) is 0 Å². The van der Waals surface area contributed by atoms with E-state index < -0.39 is 29.6 Å². The summed E-state index contributed by atoms with van der Waals surface area (Å²) in [5.41, 5.74) is 1.99. The number of halogens is 2. The number of hydrogen-bond donors (Lipinski definition) is 1. The maximum atomic E-state index is 14.2. The van der Waals surface area contributed by atoms with Gasteiger partial charge in [-0.15, -0.1) is 0 Å². The highest BCUT2D eigenvalue weighted by molar-refractivity contribution is 5.87. The molecule has 1 aliphatic heterocycles. The Morgan fingerprint density at radius 3 is 2.18 bits per heavy atom. The van der Waals surface area contributed by atoms with Crippen LogP contribution in [0.5, 0.6) is 0 Å². The molecule has 1 fully saturated rings. The summed E-state index contributed by atoms with van der Waals surface area (Å²) < 4.78 is 32.5. The van der Waals surface area contributed by atoms with Crippen LogP contribution >= 0.6 is 0 Å². The third-order valence-corrected chi connectivity index (χ3v) is 6.14. The monoisotopic (exact) mass is 464 g/mol. The maximum absolute atomic E-state index is 14.2. The number of carbonyl (C=O) groups excluding carboxylic acids is 2. The summed E-state index contributed by atoms with van der Waals surface area (Å²) in [4.78, 5) is 27.6. The number of benzene rings is 3. The zero-order valence-corrected chi connectivity index (χ0v) is 18.8. The minimum absolute atomic E-state index is 0.0963. The minimum atomic E-state index is -0.677. The first-order valence-electron chi connectivity index (χ1n) is 11.1. The van der Waals surface area contributed by atoms with Gasteiger partial charge in [-0.05, 0) is 23.6 Å². The predicted octanol–water partition coefficient (Wildman–Crippen LogP) is 4.03. The normalized spacial score (nSPS) is 18.1. The summed E-state index contributed by atoms with van der Waals surface area (Å²) in [5, 5.41) is 3.08. The van der Waals surface area contributed by atoms with E-state index in [1.807, 2.05) is 60.7 Å². The lowest BCUT2D eigenvalue weighted by atomic mass is 9.90. The number of hydrogen-bond acceptors (Lipinski definition) is 4. The average molecular weight is 465 g/mol. The van der Waals surface area contributed by atoms with Crippen molar-refractivity contribution in [2.75, 3.05) is 13.7 Å². The van der Waals surface area contributed by atoms with Crippen molar-refractivity contribution in [3.8, 4) is 0 Å². The molecule has 2 atom stereocenters. The summed E-state index contributed by atoms with van der Waals surface area (Å²) in [6.07, 6.45) is 0.331. The second kappa shape index (κ2) is 10.6. The van der Waals surface area contributed by atoms with Gasteiger partial charge in [0.1, 0.15) is 17.7 Å². The third kappa shape index (κ3) is 5.31. The van der Waals surface area contributed by atoms with E-state index in [0.29, 0.717) is 13.0 Å². The molecule has 1 saturated heterocycles. The fourth-order valence-electron chi connectivity index (χ4n) is 4.50. The highest BCUT2D eigenvalue weighted by Gasteiger charge is 2.39. The van der Waals surface area contributed by atoms with E-state index in [9.17, 15) is 18.4 Å². The molecule has 0 unspecified atom stereocenters. The lowest BCUT2D eigenvalue weighted by Crippen LogP contribution is -2.40. The second-order valence-corrected chi connectivity index (χ2v) is 8.40. The van der Waals surface area contributed by atoms with E-state index in [1.165, 1.54) is 19.2 Å². The van der Waals surface area contributed by atoms with Gasteiger partial charge in [0, 0.05) is 30.8 Å². The van der Waals surface area contributed by atoms with Gasteiger partial charge in [-0.25, -0.2) is 8.78 Å². The number of nitrogens with zero attached hydrogens (tertiary/aromatic N) is 1. The van der Waals surface area contributed by atoms with Gasteiger partial charge < -0.3 is 10.1 Å². The Hall–Kier alpha value is -3.58. The van der Waals surface area contributed by atoms with Gasteiger partial charge in [-0.3, -0.25) is 14.5 Å². The summed E-state index contributed by atoms with van der Waals surface area (Å²) in [6, 6.07) is 21.4. The molecule has 0 radical (unpaired) electrons. The van der Waals surface area contributed by atoms with Crippen molar-refractivity contribution in [1.29, 1.82) is 0 Å². The van der Waals surface area contributed by atoms with Gasteiger partial charge in [-0.2, -0.15) is 0 Å². The molecule has 1 N–H and O–H groups in total. The number of likely N-dealkylation sites (tertiary alicyclic amines) is 1. The van der Waals surface area contributed by atoms with Gasteiger partial charge in [0.2, 0.25) is 5.91 Å². The van der Waals surface area contributed by atoms with Crippen LogP contribution < -0.4 is 5.32 Å². The molecule has 5 nitrogen and oxygen atoms in total. The van der Waals surface area contributed by atoms with Crippen LogP contribution in [0.25, 0.3) is 0 Å². The first-order valence-corrected chi connectivity index (χ1v) is 11.1. The predicted molar refractivity (Wildman–Crippen MR) is 124 cm³/mol. The number of esters is 1. The maximum Gasteiger partial charge on any atom is 0.323 e. The molecule has 3 aromatic rings. The summed E-state index contributed by atoms with van der Waals surface area (Å²) in [5.74, 6) is -2.49. The first kappa shape index (κ1) is 23.6. The Balaban J connectivity index is 1.54. The molecule has 0 saturated carbocycles. The van der Waals surface area contributed by atoms with E-state index >= 15 is 0 Å². The lowest BCUT2D eigenvalue weighted by Gasteiger charge is -2.23. The molecule has 0 spiro atoms. The van der Waals surface area contributed by atoms with Crippen LogP contribution in [-0.4, -0.2) is 42.5 Å². The standard InChI is InChI=1S/C27H26F2N2O3/c1-34-27(33)24-15-22(17-31(24)16-20-12-13-21(28)14-23(20)29)30-26(32)25(18-8-4-2-5-9-18)19-10-6-3-7-11-19/h2-14,22,24-25H,15-17H2,1H3,(H,30,32)/t22-,24+/m1/s1. The van der Waals surface area contributed by atoms with Crippen LogP contribution in [0.4, 0.5) is 8.78 Å². The van der Waals surface area contributed by atoms with E-state index in [-0.39, 0.29) is 24.1 Å². The van der Waals surface area contributed by atoms with Gasteiger partial charge in [0.05, 0.1) is 13.0 Å². The van der Waals surface area contributed by atoms with Crippen molar-refractivity contribution in [3.05, 3.63) is 107 Å². The number of carbonyl (C=O) groups is 2. The van der Waals surface area contributed by atoms with Gasteiger partial charge >= 0.3 is 5.97 Å². The molecule has 0 aromatic heterocycles. The van der Waals surface area contributed by atoms with Crippen LogP contribution in [0.15, 0.2) is 78.9 Å². The zero-order chi connectivity index (χ0) is 24.1. The number of methoxy groups -OCH3 is 1. The SMILES string of the molecule is COC(=O)[C@@H]1C[C@@H](NC(=O)C(c2ccccc2)c2ccccc2)CN1Cc1ccc(F)cc1F. The van der Waals surface area contributed by atoms with Crippen molar-refractivity contribution in [1.82, 2.24) is 10.2 Å². The molecule has 1 aliphatic rings. The molecular formula is C27H26F2N2O3. The molecule has 3 aromatic carbocycles. The lowest BCUT2D eigenvalue weighted by molar-refractivity contribution is -0.146. The van der Waals surface area contributed by atoms with Crippen LogP contribution in [0.1, 0.15) is 29.0 Å². The van der Waals surface area contributed by atoms with Crippen molar-refractivity contribution < 1.29 is 23.1 Å². The van der Waals surface area contributed by atoms with Gasteiger partial charge in [-0.1, -0.05) is 66.7 Å². The highest BCUT2D eigenvalue weighted by Crippen LogP contribution is 2.27. The zero-order valence-electron chi connectivity index (χ0n) is 18.8. The first-order chi connectivity index (χ1) is 16.5. The molecule has 4 rings (SSSR count). The van der Waals surface area contributed by atoms with E-state index in [1.54, 1.807) is 4.90 Å². The van der Waals surface area contributed by atoms with Crippen LogP contribution in [0.3, 0.4) is 0 Å². The Kier molecular flexibility index (Phi) is 7.33. The second-order valence-electron chi connectivity index (χ2n) is 8.40. The summed E-state index contributed by atoms with van der Waals surface area (Å²) in [6.45, 7) is 0.428. The van der Waals surface area contributed by atoms with Crippen LogP contribution in [0, 0.1) is 11.6 Å². The fourth-order valence-corrected chi connectivity index (χ4v) is 4.50. The molecule has 176 valence electrons. The van der Waals surface area contributed by atoms with Crippen molar-refractivity contribution in [2.45, 2.75) is 31.0 Å². The molecular weight excluding hydrogens is 438 g/mol. The van der Waals surface area contributed by atoms with E-state index in [4.69, 9.17) is 4.74 Å².